The van der Waals surface area contributed by atoms with Crippen LogP contribution in [0.25, 0.3) is 0 Å². The zero-order chi connectivity index (χ0) is 13.5. The molecule has 0 spiro atoms. The van der Waals surface area contributed by atoms with Crippen molar-refractivity contribution in [2.75, 3.05) is 18.0 Å². The van der Waals surface area contributed by atoms with Crippen molar-refractivity contribution in [2.24, 2.45) is 0 Å². The molecule has 0 bridgehead atoms. The van der Waals surface area contributed by atoms with Gasteiger partial charge in [0.05, 0.1) is 0 Å². The van der Waals surface area contributed by atoms with Gasteiger partial charge < -0.3 is 10.0 Å². The lowest BCUT2D eigenvalue weighted by atomic mass is 10.1. The van der Waals surface area contributed by atoms with Crippen LogP contribution in [-0.2, 0) is 6.42 Å². The van der Waals surface area contributed by atoms with E-state index in [1.54, 1.807) is 12.1 Å². The first-order valence-corrected chi connectivity index (χ1v) is 6.87. The number of rotatable bonds is 6. The molecule has 2 heteroatoms. The Kier molecular flexibility index (Phi) is 4.85. The summed E-state index contributed by atoms with van der Waals surface area (Å²) < 4.78 is 0. The summed E-state index contributed by atoms with van der Waals surface area (Å²) in [5, 5.41) is 9.36. The van der Waals surface area contributed by atoms with Gasteiger partial charge in [-0.1, -0.05) is 37.3 Å². The summed E-state index contributed by atoms with van der Waals surface area (Å²) in [5.74, 6) is 0.322. The van der Waals surface area contributed by atoms with Gasteiger partial charge in [0.25, 0.3) is 0 Å². The molecular formula is C17H21NO. The van der Waals surface area contributed by atoms with Crippen LogP contribution in [0.3, 0.4) is 0 Å². The third-order valence-corrected chi connectivity index (χ3v) is 3.22. The van der Waals surface area contributed by atoms with Gasteiger partial charge in [0.1, 0.15) is 5.75 Å². The number of anilines is 1. The van der Waals surface area contributed by atoms with Gasteiger partial charge in [-0.15, -0.1) is 0 Å². The monoisotopic (exact) mass is 255 g/mol. The first kappa shape index (κ1) is 13.5. The van der Waals surface area contributed by atoms with E-state index in [1.807, 2.05) is 18.2 Å². The molecule has 0 aromatic heterocycles. The molecule has 0 saturated heterocycles. The Labute approximate surface area is 115 Å². The molecule has 0 aliphatic heterocycles. The van der Waals surface area contributed by atoms with Crippen molar-refractivity contribution in [3.63, 3.8) is 0 Å². The Balaban J connectivity index is 2.02. The summed E-state index contributed by atoms with van der Waals surface area (Å²) in [6.45, 7) is 4.23. The highest BCUT2D eigenvalue weighted by Gasteiger charge is 2.05. The molecule has 1 N–H and O–H groups in total. The number of benzene rings is 2. The molecule has 2 rings (SSSR count). The highest BCUT2D eigenvalue weighted by Crippen LogP contribution is 2.19. The van der Waals surface area contributed by atoms with E-state index in [-0.39, 0.29) is 0 Å². The van der Waals surface area contributed by atoms with Gasteiger partial charge in [-0.25, -0.2) is 0 Å². The molecule has 0 saturated carbocycles. The Morgan fingerprint density at radius 3 is 2.21 bits per heavy atom. The number of hydrogen-bond donors (Lipinski definition) is 1. The molecular weight excluding hydrogens is 234 g/mol. The van der Waals surface area contributed by atoms with E-state index in [1.165, 1.54) is 11.3 Å². The van der Waals surface area contributed by atoms with Gasteiger partial charge in [-0.3, -0.25) is 0 Å². The Morgan fingerprint density at radius 1 is 0.895 bits per heavy atom. The van der Waals surface area contributed by atoms with Crippen molar-refractivity contribution in [1.82, 2.24) is 0 Å². The lowest BCUT2D eigenvalue weighted by Crippen LogP contribution is -2.26. The second-order valence-electron chi connectivity index (χ2n) is 4.74. The van der Waals surface area contributed by atoms with Crippen LogP contribution in [0.5, 0.6) is 5.75 Å². The molecule has 0 radical (unpaired) electrons. The van der Waals surface area contributed by atoms with Crippen molar-refractivity contribution in [3.8, 4) is 5.75 Å². The van der Waals surface area contributed by atoms with Crippen LogP contribution in [0.2, 0.25) is 0 Å². The van der Waals surface area contributed by atoms with Gasteiger partial charge in [-0.05, 0) is 42.7 Å². The average Bonchev–Trinajstić information content (AvgIpc) is 2.46. The minimum absolute atomic E-state index is 0.322. The number of phenolic OH excluding ortho intramolecular Hbond substituents is 1. The van der Waals surface area contributed by atoms with E-state index in [0.29, 0.717) is 5.75 Å². The zero-order valence-electron chi connectivity index (χ0n) is 11.4. The molecule has 19 heavy (non-hydrogen) atoms. The fourth-order valence-electron chi connectivity index (χ4n) is 2.21. The SMILES string of the molecule is CCCN(CCc1ccccc1)c1ccc(O)cc1. The highest BCUT2D eigenvalue weighted by atomic mass is 16.3. The van der Waals surface area contributed by atoms with Crippen LogP contribution < -0.4 is 4.90 Å². The van der Waals surface area contributed by atoms with Crippen LogP contribution in [0.4, 0.5) is 5.69 Å². The van der Waals surface area contributed by atoms with E-state index >= 15 is 0 Å². The second-order valence-corrected chi connectivity index (χ2v) is 4.74. The molecule has 0 amide bonds. The molecule has 2 aromatic rings. The average molecular weight is 255 g/mol. The quantitative estimate of drug-likeness (QED) is 0.847. The predicted octanol–water partition coefficient (Wildman–Crippen LogP) is 3.85. The maximum atomic E-state index is 9.36. The zero-order valence-corrected chi connectivity index (χ0v) is 11.4. The Bertz CT molecular complexity index is 478. The maximum Gasteiger partial charge on any atom is 0.115 e. The predicted molar refractivity (Wildman–Crippen MR) is 80.8 cm³/mol. The molecule has 0 aliphatic rings. The minimum atomic E-state index is 0.322. The van der Waals surface area contributed by atoms with E-state index in [4.69, 9.17) is 0 Å². The summed E-state index contributed by atoms with van der Waals surface area (Å²) in [7, 11) is 0. The van der Waals surface area contributed by atoms with E-state index in [0.717, 1.165) is 25.9 Å². The van der Waals surface area contributed by atoms with Crippen molar-refractivity contribution in [2.45, 2.75) is 19.8 Å². The van der Waals surface area contributed by atoms with Crippen molar-refractivity contribution >= 4 is 5.69 Å². The molecule has 0 aliphatic carbocycles. The summed E-state index contributed by atoms with van der Waals surface area (Å²) in [5.41, 5.74) is 2.54. The second kappa shape index (κ2) is 6.83. The standard InChI is InChI=1S/C17H21NO/c1-2-13-18(16-8-10-17(19)11-9-16)14-12-15-6-4-3-5-7-15/h3-11,19H,2,12-14H2,1H3. The number of aromatic hydroxyl groups is 1. The van der Waals surface area contributed by atoms with E-state index in [2.05, 4.69) is 36.1 Å². The van der Waals surface area contributed by atoms with Crippen LogP contribution >= 0.6 is 0 Å². The van der Waals surface area contributed by atoms with Crippen molar-refractivity contribution in [3.05, 3.63) is 60.2 Å². The summed E-state index contributed by atoms with van der Waals surface area (Å²) in [4.78, 5) is 2.37. The van der Waals surface area contributed by atoms with Gasteiger partial charge >= 0.3 is 0 Å². The van der Waals surface area contributed by atoms with Crippen LogP contribution in [0.1, 0.15) is 18.9 Å². The van der Waals surface area contributed by atoms with Gasteiger partial charge in [0.2, 0.25) is 0 Å². The topological polar surface area (TPSA) is 23.5 Å². The van der Waals surface area contributed by atoms with Gasteiger partial charge in [0, 0.05) is 18.8 Å². The largest absolute Gasteiger partial charge is 0.508 e. The third-order valence-electron chi connectivity index (χ3n) is 3.22. The normalized spacial score (nSPS) is 10.4. The van der Waals surface area contributed by atoms with Gasteiger partial charge in [0.15, 0.2) is 0 Å². The fraction of sp³-hybridized carbons (Fsp3) is 0.294. The molecule has 0 unspecified atom stereocenters. The first-order chi connectivity index (χ1) is 9.29. The molecule has 2 nitrogen and oxygen atoms in total. The smallest absolute Gasteiger partial charge is 0.115 e. The summed E-state index contributed by atoms with van der Waals surface area (Å²) in [6.07, 6.45) is 2.16. The summed E-state index contributed by atoms with van der Waals surface area (Å²) in [6, 6.07) is 18.0. The summed E-state index contributed by atoms with van der Waals surface area (Å²) >= 11 is 0. The van der Waals surface area contributed by atoms with Crippen molar-refractivity contribution < 1.29 is 5.11 Å². The Hall–Kier alpha value is -1.96. The molecule has 0 fully saturated rings. The van der Waals surface area contributed by atoms with Crippen molar-refractivity contribution in [1.29, 1.82) is 0 Å². The number of nitrogens with zero attached hydrogens (tertiary/aromatic N) is 1. The number of phenols is 1. The van der Waals surface area contributed by atoms with Crippen LogP contribution in [0, 0.1) is 0 Å². The Morgan fingerprint density at radius 2 is 1.58 bits per heavy atom. The van der Waals surface area contributed by atoms with Gasteiger partial charge in [-0.2, -0.15) is 0 Å². The van der Waals surface area contributed by atoms with Crippen LogP contribution in [-0.4, -0.2) is 18.2 Å². The maximum absolute atomic E-state index is 9.36. The minimum Gasteiger partial charge on any atom is -0.508 e. The molecule has 2 aromatic carbocycles. The third kappa shape index (κ3) is 4.02. The molecule has 0 atom stereocenters. The molecule has 100 valence electrons. The fourth-order valence-corrected chi connectivity index (χ4v) is 2.21. The van der Waals surface area contributed by atoms with E-state index in [9.17, 15) is 5.11 Å². The lowest BCUT2D eigenvalue weighted by molar-refractivity contribution is 0.475. The van der Waals surface area contributed by atoms with E-state index < -0.39 is 0 Å². The lowest BCUT2D eigenvalue weighted by Gasteiger charge is -2.24. The molecule has 0 heterocycles. The van der Waals surface area contributed by atoms with Crippen LogP contribution in [0.15, 0.2) is 54.6 Å². The first-order valence-electron chi connectivity index (χ1n) is 6.87. The number of hydrogen-bond acceptors (Lipinski definition) is 2. The highest BCUT2D eigenvalue weighted by molar-refractivity contribution is 5.48.